The SMILES string of the molecule is COC(=O)c1cc(-c2ccc(C(=O)N3CCN(C)CC3)cc2)c(C(=N)OC(C)C)c(NC2CCCCC2)n1. The minimum absolute atomic E-state index is 0.00499. The normalized spacial score (nSPS) is 16.8. The highest BCUT2D eigenvalue weighted by molar-refractivity contribution is 6.05. The highest BCUT2D eigenvalue weighted by atomic mass is 16.5. The number of nitrogens with zero attached hydrogens (tertiary/aromatic N) is 3. The molecule has 0 unspecified atom stereocenters. The lowest BCUT2D eigenvalue weighted by molar-refractivity contribution is 0.0593. The molecule has 0 spiro atoms. The summed E-state index contributed by atoms with van der Waals surface area (Å²) in [5, 5.41) is 12.3. The molecular weight excluding hydrogens is 482 g/mol. The predicted molar refractivity (Wildman–Crippen MR) is 148 cm³/mol. The van der Waals surface area contributed by atoms with Crippen molar-refractivity contribution in [1.29, 1.82) is 5.41 Å². The van der Waals surface area contributed by atoms with Gasteiger partial charge in [-0.15, -0.1) is 0 Å². The number of benzene rings is 1. The topological polar surface area (TPSA) is 108 Å². The maximum Gasteiger partial charge on any atom is 0.356 e. The fraction of sp³-hybridized carbons (Fsp3) is 0.517. The molecule has 0 bridgehead atoms. The molecule has 9 nitrogen and oxygen atoms in total. The number of piperazine rings is 1. The zero-order valence-corrected chi connectivity index (χ0v) is 22.9. The Kier molecular flexibility index (Phi) is 8.99. The molecule has 4 rings (SSSR count). The molecule has 2 aromatic rings. The molecule has 0 atom stereocenters. The lowest BCUT2D eigenvalue weighted by Gasteiger charge is -2.32. The van der Waals surface area contributed by atoms with Crippen molar-refractivity contribution >= 4 is 23.6 Å². The van der Waals surface area contributed by atoms with Gasteiger partial charge in [0.15, 0.2) is 5.69 Å². The van der Waals surface area contributed by atoms with E-state index in [2.05, 4.69) is 22.2 Å². The van der Waals surface area contributed by atoms with Gasteiger partial charge in [0.25, 0.3) is 5.91 Å². The third-order valence-corrected chi connectivity index (χ3v) is 7.17. The molecule has 1 saturated heterocycles. The standard InChI is InChI=1S/C29H39N5O4/c1-19(2)38-26(30)25-23(18-24(29(36)37-4)32-27(25)31-22-8-6-5-7-9-22)20-10-12-21(13-11-20)28(35)34-16-14-33(3)15-17-34/h10-13,18-19,22,30H,5-9,14-17H2,1-4H3,(H,31,32). The fourth-order valence-corrected chi connectivity index (χ4v) is 5.04. The van der Waals surface area contributed by atoms with E-state index in [4.69, 9.17) is 14.9 Å². The molecule has 1 aromatic carbocycles. The van der Waals surface area contributed by atoms with Gasteiger partial charge in [-0.1, -0.05) is 31.4 Å². The molecule has 204 valence electrons. The van der Waals surface area contributed by atoms with Gasteiger partial charge in [-0.3, -0.25) is 10.2 Å². The molecule has 2 aliphatic rings. The number of hydrogen-bond donors (Lipinski definition) is 2. The highest BCUT2D eigenvalue weighted by Gasteiger charge is 2.26. The van der Waals surface area contributed by atoms with Crippen LogP contribution in [0, 0.1) is 5.41 Å². The number of carbonyl (C=O) groups is 2. The first-order valence-corrected chi connectivity index (χ1v) is 13.5. The number of aromatic nitrogens is 1. The van der Waals surface area contributed by atoms with Crippen LogP contribution in [0.25, 0.3) is 11.1 Å². The van der Waals surface area contributed by atoms with Gasteiger partial charge in [0.2, 0.25) is 5.90 Å². The zero-order valence-electron chi connectivity index (χ0n) is 22.9. The third-order valence-electron chi connectivity index (χ3n) is 7.17. The molecule has 0 radical (unpaired) electrons. The number of carbonyl (C=O) groups excluding carboxylic acids is 2. The second kappa shape index (κ2) is 12.4. The Hall–Kier alpha value is -3.46. The largest absolute Gasteiger partial charge is 0.475 e. The number of esters is 1. The minimum Gasteiger partial charge on any atom is -0.475 e. The van der Waals surface area contributed by atoms with Crippen LogP contribution in [0.1, 0.15) is 72.4 Å². The number of ether oxygens (including phenoxy) is 2. The lowest BCUT2D eigenvalue weighted by Crippen LogP contribution is -2.47. The van der Waals surface area contributed by atoms with Gasteiger partial charge in [-0.25, -0.2) is 9.78 Å². The molecule has 2 fully saturated rings. The van der Waals surface area contributed by atoms with Gasteiger partial charge in [0.05, 0.1) is 18.8 Å². The fourth-order valence-electron chi connectivity index (χ4n) is 5.04. The number of amides is 1. The van der Waals surface area contributed by atoms with Crippen molar-refractivity contribution < 1.29 is 19.1 Å². The Labute approximate surface area is 225 Å². The van der Waals surface area contributed by atoms with Crippen molar-refractivity contribution in [2.45, 2.75) is 58.1 Å². The van der Waals surface area contributed by atoms with Crippen molar-refractivity contribution in [3.63, 3.8) is 0 Å². The second-order valence-electron chi connectivity index (χ2n) is 10.4. The number of pyridine rings is 1. The molecule has 1 aromatic heterocycles. The molecule has 2 N–H and O–H groups in total. The third kappa shape index (κ3) is 6.51. The van der Waals surface area contributed by atoms with Crippen molar-refractivity contribution in [1.82, 2.24) is 14.8 Å². The van der Waals surface area contributed by atoms with Crippen molar-refractivity contribution in [3.05, 3.63) is 47.2 Å². The van der Waals surface area contributed by atoms with E-state index < -0.39 is 5.97 Å². The average molecular weight is 522 g/mol. The quantitative estimate of drug-likeness (QED) is 0.316. The first kappa shape index (κ1) is 27.6. The monoisotopic (exact) mass is 521 g/mol. The van der Waals surface area contributed by atoms with Crippen molar-refractivity contribution in [2.24, 2.45) is 0 Å². The van der Waals surface area contributed by atoms with E-state index in [0.29, 0.717) is 35.6 Å². The molecule has 1 saturated carbocycles. The van der Waals surface area contributed by atoms with Gasteiger partial charge in [-0.05, 0) is 57.5 Å². The summed E-state index contributed by atoms with van der Waals surface area (Å²) in [6.45, 7) is 6.86. The summed E-state index contributed by atoms with van der Waals surface area (Å²) >= 11 is 0. The second-order valence-corrected chi connectivity index (χ2v) is 10.4. The average Bonchev–Trinajstić information content (AvgIpc) is 2.92. The maximum absolute atomic E-state index is 13.1. The number of anilines is 1. The lowest BCUT2D eigenvalue weighted by atomic mass is 9.94. The molecule has 9 heteroatoms. The van der Waals surface area contributed by atoms with Crippen LogP contribution < -0.4 is 5.32 Å². The van der Waals surface area contributed by atoms with Crippen molar-refractivity contribution in [2.75, 3.05) is 45.7 Å². The van der Waals surface area contributed by atoms with Crippen LogP contribution in [-0.4, -0.2) is 85.0 Å². The molecule has 1 aliphatic heterocycles. The summed E-state index contributed by atoms with van der Waals surface area (Å²) in [6.07, 6.45) is 5.25. The Bertz CT molecular complexity index is 1150. The van der Waals surface area contributed by atoms with E-state index in [1.54, 1.807) is 18.2 Å². The van der Waals surface area contributed by atoms with E-state index in [-0.39, 0.29) is 29.6 Å². The Balaban J connectivity index is 1.74. The van der Waals surface area contributed by atoms with Crippen LogP contribution in [0.3, 0.4) is 0 Å². The van der Waals surface area contributed by atoms with Crippen molar-refractivity contribution in [3.8, 4) is 11.1 Å². The predicted octanol–water partition coefficient (Wildman–Crippen LogP) is 4.42. The Morgan fingerprint density at radius 2 is 1.71 bits per heavy atom. The number of methoxy groups -OCH3 is 1. The molecule has 38 heavy (non-hydrogen) atoms. The first-order chi connectivity index (χ1) is 18.3. The molecule has 1 aliphatic carbocycles. The summed E-state index contributed by atoms with van der Waals surface area (Å²) in [5.74, 6) is -0.124. The van der Waals surface area contributed by atoms with Crippen LogP contribution in [0.5, 0.6) is 0 Å². The summed E-state index contributed by atoms with van der Waals surface area (Å²) in [4.78, 5) is 34.4. The van der Waals surface area contributed by atoms with E-state index in [1.807, 2.05) is 30.9 Å². The summed E-state index contributed by atoms with van der Waals surface area (Å²) in [6, 6.07) is 9.17. The van der Waals surface area contributed by atoms with Crippen LogP contribution in [-0.2, 0) is 9.47 Å². The van der Waals surface area contributed by atoms with E-state index in [0.717, 1.165) is 44.3 Å². The van der Waals surface area contributed by atoms with Crippen LogP contribution >= 0.6 is 0 Å². The number of rotatable bonds is 7. The number of hydrogen-bond acceptors (Lipinski definition) is 8. The Morgan fingerprint density at radius 1 is 1.05 bits per heavy atom. The number of likely N-dealkylation sites (N-methyl/N-ethyl adjacent to an activating group) is 1. The molecule has 2 heterocycles. The van der Waals surface area contributed by atoms with Gasteiger partial charge in [-0.2, -0.15) is 0 Å². The van der Waals surface area contributed by atoms with Crippen LogP contribution in [0.2, 0.25) is 0 Å². The minimum atomic E-state index is -0.553. The van der Waals surface area contributed by atoms with E-state index in [1.165, 1.54) is 13.5 Å². The van der Waals surface area contributed by atoms with Gasteiger partial charge in [0.1, 0.15) is 5.82 Å². The molecular formula is C29H39N5O4. The van der Waals surface area contributed by atoms with Crippen LogP contribution in [0.15, 0.2) is 30.3 Å². The molecule has 1 amide bonds. The summed E-state index contributed by atoms with van der Waals surface area (Å²) in [7, 11) is 3.39. The van der Waals surface area contributed by atoms with Gasteiger partial charge in [0, 0.05) is 43.3 Å². The number of nitrogens with one attached hydrogen (secondary N) is 2. The highest BCUT2D eigenvalue weighted by Crippen LogP contribution is 2.33. The summed E-state index contributed by atoms with van der Waals surface area (Å²) in [5.41, 5.74) is 2.64. The van der Waals surface area contributed by atoms with E-state index in [9.17, 15) is 9.59 Å². The van der Waals surface area contributed by atoms with Gasteiger partial charge < -0.3 is 24.6 Å². The first-order valence-electron chi connectivity index (χ1n) is 13.5. The summed E-state index contributed by atoms with van der Waals surface area (Å²) < 4.78 is 10.8. The maximum atomic E-state index is 13.1. The van der Waals surface area contributed by atoms with Gasteiger partial charge >= 0.3 is 5.97 Å². The zero-order chi connectivity index (χ0) is 27.2. The smallest absolute Gasteiger partial charge is 0.356 e. The van der Waals surface area contributed by atoms with Crippen LogP contribution in [0.4, 0.5) is 5.82 Å². The van der Waals surface area contributed by atoms with E-state index >= 15 is 0 Å². The Morgan fingerprint density at radius 3 is 2.32 bits per heavy atom.